The molecule has 3 rings (SSSR count). The maximum atomic E-state index is 13.7. The summed E-state index contributed by atoms with van der Waals surface area (Å²) in [7, 11) is -4.30. The molecule has 11 nitrogen and oxygen atoms in total. The van der Waals surface area contributed by atoms with Gasteiger partial charge in [0.1, 0.15) is 17.4 Å². The highest BCUT2D eigenvalue weighted by molar-refractivity contribution is 7.89. The Morgan fingerprint density at radius 2 is 1.84 bits per heavy atom. The van der Waals surface area contributed by atoms with Gasteiger partial charge >= 0.3 is 18.0 Å². The Morgan fingerprint density at radius 3 is 2.37 bits per heavy atom. The highest BCUT2D eigenvalue weighted by Crippen LogP contribution is 2.43. The van der Waals surface area contributed by atoms with E-state index < -0.39 is 57.6 Å². The van der Waals surface area contributed by atoms with Crippen molar-refractivity contribution >= 4 is 28.1 Å². The van der Waals surface area contributed by atoms with E-state index in [-0.39, 0.29) is 30.2 Å². The first-order valence-electron chi connectivity index (χ1n) is 12.2. The summed E-state index contributed by atoms with van der Waals surface area (Å²) in [6, 6.07) is 6.60. The summed E-state index contributed by atoms with van der Waals surface area (Å²) >= 11 is 0. The second kappa shape index (κ2) is 11.6. The van der Waals surface area contributed by atoms with Gasteiger partial charge in [0.15, 0.2) is 0 Å². The Hall–Kier alpha value is -3.38. The number of carbonyl (C=O) groups excluding carboxylic acids is 2. The molecule has 0 saturated carbocycles. The van der Waals surface area contributed by atoms with Crippen molar-refractivity contribution in [3.8, 4) is 0 Å². The molecule has 1 amide bonds. The van der Waals surface area contributed by atoms with E-state index in [1.807, 2.05) is 0 Å². The summed E-state index contributed by atoms with van der Waals surface area (Å²) in [6.07, 6.45) is 0.187. The Morgan fingerprint density at radius 1 is 1.18 bits per heavy atom. The molecule has 2 heterocycles. The van der Waals surface area contributed by atoms with Crippen molar-refractivity contribution in [1.29, 1.82) is 0 Å². The van der Waals surface area contributed by atoms with Crippen LogP contribution in [0.2, 0.25) is 0 Å². The van der Waals surface area contributed by atoms with Crippen LogP contribution >= 0.6 is 0 Å². The SMILES string of the molecule is CCOC(=O)C[C@@H]1[C@@H]([C@@H](NC(=O)OC(C)(C)C)c2ccco2)CN(S(=O)(=O)c2ccc(C)cc2)[C@@H]1C(=O)O. The van der Waals surface area contributed by atoms with E-state index in [1.54, 1.807) is 58.9 Å². The fourth-order valence-electron chi connectivity index (χ4n) is 4.62. The molecule has 4 atom stereocenters. The first kappa shape index (κ1) is 29.2. The Balaban J connectivity index is 2.10. The molecule has 1 aromatic heterocycles. The Labute approximate surface area is 222 Å². The smallest absolute Gasteiger partial charge is 0.408 e. The van der Waals surface area contributed by atoms with E-state index in [2.05, 4.69) is 5.32 Å². The average molecular weight is 551 g/mol. The minimum atomic E-state index is -4.30. The number of benzene rings is 1. The lowest BCUT2D eigenvalue weighted by atomic mass is 9.82. The molecule has 208 valence electrons. The molecule has 12 heteroatoms. The zero-order valence-corrected chi connectivity index (χ0v) is 22.9. The third kappa shape index (κ3) is 6.73. The number of hydrogen-bond donors (Lipinski definition) is 2. The van der Waals surface area contributed by atoms with Crippen molar-refractivity contribution in [2.24, 2.45) is 11.8 Å². The van der Waals surface area contributed by atoms with Gasteiger partial charge in [-0.05, 0) is 58.9 Å². The number of hydrogen-bond acceptors (Lipinski definition) is 8. The number of rotatable bonds is 9. The predicted molar refractivity (Wildman–Crippen MR) is 136 cm³/mol. The molecular formula is C26H34N2O9S. The fourth-order valence-corrected chi connectivity index (χ4v) is 6.29. The number of nitrogens with zero attached hydrogens (tertiary/aromatic N) is 1. The number of nitrogens with one attached hydrogen (secondary N) is 1. The first-order chi connectivity index (χ1) is 17.7. The summed E-state index contributed by atoms with van der Waals surface area (Å²) < 4.78 is 44.3. The summed E-state index contributed by atoms with van der Waals surface area (Å²) in [5.74, 6) is -3.78. The lowest BCUT2D eigenvalue weighted by molar-refractivity contribution is -0.147. The van der Waals surface area contributed by atoms with Crippen LogP contribution in [-0.4, -0.2) is 60.7 Å². The van der Waals surface area contributed by atoms with Crippen LogP contribution in [0.1, 0.15) is 51.5 Å². The highest BCUT2D eigenvalue weighted by Gasteiger charge is 2.54. The van der Waals surface area contributed by atoms with E-state index in [4.69, 9.17) is 13.9 Å². The van der Waals surface area contributed by atoms with Gasteiger partial charge in [0.05, 0.1) is 30.2 Å². The molecule has 1 aliphatic heterocycles. The Kier molecular flexibility index (Phi) is 8.88. The molecule has 1 aromatic carbocycles. The molecule has 0 radical (unpaired) electrons. The summed E-state index contributed by atoms with van der Waals surface area (Å²) in [5.41, 5.74) is 0.0000414. The topological polar surface area (TPSA) is 152 Å². The standard InChI is InChI=1S/C26H34N2O9S/c1-6-35-21(29)14-18-19(22(20-8-7-13-36-20)27-25(32)37-26(3,4)5)15-28(23(18)24(30)31)38(33,34)17-11-9-16(2)10-12-17/h7-13,18-19,22-23H,6,14-15H2,1-5H3,(H,27,32)(H,30,31)/t18-,19+,22-,23+/m1/s1. The molecule has 0 spiro atoms. The molecular weight excluding hydrogens is 516 g/mol. The number of carboxylic acid groups (broad SMARTS) is 1. The number of sulfonamides is 1. The van der Waals surface area contributed by atoms with Gasteiger partial charge in [0.25, 0.3) is 0 Å². The summed E-state index contributed by atoms with van der Waals surface area (Å²) in [6.45, 7) is 8.23. The molecule has 0 aliphatic carbocycles. The van der Waals surface area contributed by atoms with Crippen molar-refractivity contribution in [3.63, 3.8) is 0 Å². The normalized spacial score (nSPS) is 21.0. The third-order valence-electron chi connectivity index (χ3n) is 6.19. The number of carboxylic acids is 1. The van der Waals surface area contributed by atoms with Crippen LogP contribution in [-0.2, 0) is 29.1 Å². The lowest BCUT2D eigenvalue weighted by Crippen LogP contribution is -2.44. The second-order valence-corrected chi connectivity index (χ2v) is 12.0. The van der Waals surface area contributed by atoms with Gasteiger partial charge < -0.3 is 24.3 Å². The minimum Gasteiger partial charge on any atom is -0.480 e. The van der Waals surface area contributed by atoms with Crippen molar-refractivity contribution in [1.82, 2.24) is 9.62 Å². The molecule has 0 unspecified atom stereocenters. The summed E-state index contributed by atoms with van der Waals surface area (Å²) in [5, 5.41) is 12.9. The van der Waals surface area contributed by atoms with Gasteiger partial charge in [-0.15, -0.1) is 0 Å². The largest absolute Gasteiger partial charge is 0.480 e. The lowest BCUT2D eigenvalue weighted by Gasteiger charge is -2.29. The Bertz CT molecular complexity index is 1230. The van der Waals surface area contributed by atoms with Crippen LogP contribution in [0.25, 0.3) is 0 Å². The van der Waals surface area contributed by atoms with Gasteiger partial charge in [-0.1, -0.05) is 17.7 Å². The van der Waals surface area contributed by atoms with Gasteiger partial charge in [0.2, 0.25) is 10.0 Å². The minimum absolute atomic E-state index is 0.0666. The van der Waals surface area contributed by atoms with Crippen LogP contribution in [0.5, 0.6) is 0 Å². The number of amides is 1. The average Bonchev–Trinajstić information content (AvgIpc) is 3.46. The molecule has 1 fully saturated rings. The first-order valence-corrected chi connectivity index (χ1v) is 13.7. The highest BCUT2D eigenvalue weighted by atomic mass is 32.2. The van der Waals surface area contributed by atoms with Crippen molar-refractivity contribution < 1.29 is 41.8 Å². The number of ether oxygens (including phenoxy) is 2. The van der Waals surface area contributed by atoms with Crippen molar-refractivity contribution in [2.75, 3.05) is 13.2 Å². The number of esters is 1. The molecule has 1 saturated heterocycles. The number of carbonyl (C=O) groups is 3. The number of aliphatic carboxylic acids is 1. The van der Waals surface area contributed by atoms with Gasteiger partial charge in [-0.25, -0.2) is 13.2 Å². The van der Waals surface area contributed by atoms with E-state index in [9.17, 15) is 27.9 Å². The third-order valence-corrected chi connectivity index (χ3v) is 8.06. The maximum Gasteiger partial charge on any atom is 0.408 e. The fraction of sp³-hybridized carbons (Fsp3) is 0.500. The number of aryl methyl sites for hydroxylation is 1. The van der Waals surface area contributed by atoms with E-state index in [0.717, 1.165) is 9.87 Å². The second-order valence-electron chi connectivity index (χ2n) is 10.1. The molecule has 2 aromatic rings. The van der Waals surface area contributed by atoms with Crippen molar-refractivity contribution in [3.05, 3.63) is 54.0 Å². The van der Waals surface area contributed by atoms with Gasteiger partial charge in [0, 0.05) is 18.4 Å². The van der Waals surface area contributed by atoms with E-state index in [0.29, 0.717) is 0 Å². The number of alkyl carbamates (subject to hydrolysis) is 1. The zero-order valence-electron chi connectivity index (χ0n) is 22.0. The van der Waals surface area contributed by atoms with Crippen molar-refractivity contribution in [2.45, 2.75) is 63.6 Å². The van der Waals surface area contributed by atoms with Gasteiger partial charge in [-0.3, -0.25) is 9.59 Å². The summed E-state index contributed by atoms with van der Waals surface area (Å²) in [4.78, 5) is 37.8. The van der Waals surface area contributed by atoms with Crippen LogP contribution in [0, 0.1) is 18.8 Å². The molecule has 1 aliphatic rings. The maximum absolute atomic E-state index is 13.7. The van der Waals surface area contributed by atoms with Crippen LogP contribution in [0.4, 0.5) is 4.79 Å². The molecule has 38 heavy (non-hydrogen) atoms. The number of furan rings is 1. The van der Waals surface area contributed by atoms with E-state index >= 15 is 0 Å². The molecule has 0 bridgehead atoms. The zero-order chi connectivity index (χ0) is 28.3. The monoisotopic (exact) mass is 550 g/mol. The van der Waals surface area contributed by atoms with E-state index in [1.165, 1.54) is 18.4 Å². The molecule has 2 N–H and O–H groups in total. The van der Waals surface area contributed by atoms with Gasteiger partial charge in [-0.2, -0.15) is 4.31 Å². The van der Waals surface area contributed by atoms with Crippen LogP contribution < -0.4 is 5.32 Å². The van der Waals surface area contributed by atoms with Crippen LogP contribution in [0.15, 0.2) is 52.0 Å². The predicted octanol–water partition coefficient (Wildman–Crippen LogP) is 3.50. The quantitative estimate of drug-likeness (QED) is 0.447. The van der Waals surface area contributed by atoms with Crippen LogP contribution in [0.3, 0.4) is 0 Å².